The van der Waals surface area contributed by atoms with E-state index in [1.165, 1.54) is 0 Å². The normalized spacial score (nSPS) is 15.7. The summed E-state index contributed by atoms with van der Waals surface area (Å²) in [5.41, 5.74) is 2.66. The minimum Gasteiger partial charge on any atom is -0.486 e. The molecule has 1 fully saturated rings. The van der Waals surface area contributed by atoms with Crippen LogP contribution >= 0.6 is 0 Å². The lowest BCUT2D eigenvalue weighted by molar-refractivity contribution is -0.128. The number of nitrogens with zero attached hydrogens (tertiary/aromatic N) is 1. The number of rotatable bonds is 5. The fraction of sp³-hybridized carbons (Fsp3) is 0.333. The molecule has 1 saturated heterocycles. The fourth-order valence-corrected chi connectivity index (χ4v) is 3.32. The summed E-state index contributed by atoms with van der Waals surface area (Å²) in [4.78, 5) is 26.0. The van der Waals surface area contributed by atoms with Crippen molar-refractivity contribution in [1.82, 2.24) is 10.2 Å². The number of likely N-dealkylation sites (tertiary alicyclic amines) is 1. The van der Waals surface area contributed by atoms with Crippen LogP contribution in [0.2, 0.25) is 0 Å². The Morgan fingerprint density at radius 2 is 1.74 bits per heavy atom. The third-order valence-electron chi connectivity index (χ3n) is 4.83. The molecule has 0 atom stereocenters. The summed E-state index contributed by atoms with van der Waals surface area (Å²) < 4.78 is 11.0. The first-order chi connectivity index (χ1) is 13.2. The van der Waals surface area contributed by atoms with Crippen molar-refractivity contribution in [2.24, 2.45) is 0 Å². The Labute approximate surface area is 158 Å². The molecule has 2 amide bonds. The van der Waals surface area contributed by atoms with Crippen LogP contribution < -0.4 is 14.8 Å². The minimum atomic E-state index is -0.154. The predicted octanol–water partition coefficient (Wildman–Crippen LogP) is 2.51. The second-order valence-corrected chi connectivity index (χ2v) is 6.78. The molecule has 0 spiro atoms. The molecule has 2 aromatic carbocycles. The van der Waals surface area contributed by atoms with E-state index in [0.717, 1.165) is 24.1 Å². The molecule has 1 N–H and O–H groups in total. The number of amides is 2. The Hall–Kier alpha value is -3.02. The number of ether oxygens (including phenoxy) is 2. The second-order valence-electron chi connectivity index (χ2n) is 6.78. The Morgan fingerprint density at radius 3 is 2.48 bits per heavy atom. The van der Waals surface area contributed by atoms with Crippen molar-refractivity contribution in [1.29, 1.82) is 0 Å². The van der Waals surface area contributed by atoms with E-state index < -0.39 is 0 Å². The maximum Gasteiger partial charge on any atom is 0.251 e. The van der Waals surface area contributed by atoms with Crippen molar-refractivity contribution in [2.45, 2.75) is 25.9 Å². The molecule has 2 heterocycles. The average Bonchev–Trinajstić information content (AvgIpc) is 3.11. The number of carbonyl (C=O) groups is 2. The molecule has 140 valence electrons. The van der Waals surface area contributed by atoms with Gasteiger partial charge in [0.2, 0.25) is 5.91 Å². The van der Waals surface area contributed by atoms with E-state index in [2.05, 4.69) is 5.32 Å². The number of benzene rings is 2. The quantitative estimate of drug-likeness (QED) is 0.883. The van der Waals surface area contributed by atoms with Crippen molar-refractivity contribution in [2.75, 3.05) is 19.8 Å². The van der Waals surface area contributed by atoms with E-state index in [1.54, 1.807) is 18.2 Å². The summed E-state index contributed by atoms with van der Waals surface area (Å²) in [5.74, 6) is 1.35. The maximum absolute atomic E-state index is 12.4. The van der Waals surface area contributed by atoms with Gasteiger partial charge in [-0.25, -0.2) is 0 Å². The third-order valence-corrected chi connectivity index (χ3v) is 4.83. The van der Waals surface area contributed by atoms with Crippen LogP contribution in [-0.2, 0) is 17.9 Å². The van der Waals surface area contributed by atoms with Crippen LogP contribution in [0.25, 0.3) is 0 Å². The molecule has 0 radical (unpaired) electrons. The molecule has 0 aromatic heterocycles. The molecule has 2 aliphatic rings. The van der Waals surface area contributed by atoms with Crippen molar-refractivity contribution in [3.05, 3.63) is 59.2 Å². The first kappa shape index (κ1) is 17.4. The third kappa shape index (κ3) is 4.05. The molecular weight excluding hydrogens is 344 g/mol. The van der Waals surface area contributed by atoms with Crippen LogP contribution in [0.1, 0.15) is 34.3 Å². The highest BCUT2D eigenvalue weighted by molar-refractivity contribution is 5.94. The van der Waals surface area contributed by atoms with Crippen molar-refractivity contribution < 1.29 is 19.1 Å². The number of hydrogen-bond acceptors (Lipinski definition) is 4. The van der Waals surface area contributed by atoms with Gasteiger partial charge in [0.15, 0.2) is 11.5 Å². The van der Waals surface area contributed by atoms with E-state index >= 15 is 0 Å². The van der Waals surface area contributed by atoms with Gasteiger partial charge in [-0.15, -0.1) is 0 Å². The fourth-order valence-electron chi connectivity index (χ4n) is 3.32. The lowest BCUT2D eigenvalue weighted by Crippen LogP contribution is -2.24. The van der Waals surface area contributed by atoms with Crippen molar-refractivity contribution in [3.8, 4) is 11.5 Å². The SMILES string of the molecule is O=C(NCc1ccc(CN2CCCC2=O)cc1)c1ccc2c(c1)OCCO2. The van der Waals surface area contributed by atoms with Gasteiger partial charge in [-0.05, 0) is 35.7 Å². The zero-order chi connectivity index (χ0) is 18.6. The van der Waals surface area contributed by atoms with Crippen LogP contribution in [0, 0.1) is 0 Å². The molecule has 0 saturated carbocycles. The minimum absolute atomic E-state index is 0.154. The van der Waals surface area contributed by atoms with Crippen molar-refractivity contribution >= 4 is 11.8 Å². The maximum atomic E-state index is 12.4. The Kier molecular flexibility index (Phi) is 4.96. The summed E-state index contributed by atoms with van der Waals surface area (Å²) in [6, 6.07) is 13.2. The van der Waals surface area contributed by atoms with Gasteiger partial charge in [-0.1, -0.05) is 24.3 Å². The summed E-state index contributed by atoms with van der Waals surface area (Å²) in [6.07, 6.45) is 1.60. The Morgan fingerprint density at radius 1 is 1.00 bits per heavy atom. The van der Waals surface area contributed by atoms with E-state index in [0.29, 0.717) is 49.8 Å². The van der Waals surface area contributed by atoms with Gasteiger partial charge in [-0.3, -0.25) is 9.59 Å². The van der Waals surface area contributed by atoms with Crippen molar-refractivity contribution in [3.63, 3.8) is 0 Å². The lowest BCUT2D eigenvalue weighted by atomic mass is 10.1. The lowest BCUT2D eigenvalue weighted by Gasteiger charge is -2.18. The topological polar surface area (TPSA) is 67.9 Å². The standard InChI is InChI=1S/C21H22N2O4/c24-20-2-1-9-23(20)14-16-5-3-15(4-6-16)13-22-21(25)17-7-8-18-19(12-17)27-11-10-26-18/h3-8,12H,1-2,9-11,13-14H2,(H,22,25). The van der Waals surface area contributed by atoms with Gasteiger partial charge in [0, 0.05) is 31.6 Å². The van der Waals surface area contributed by atoms with Gasteiger partial charge in [-0.2, -0.15) is 0 Å². The second kappa shape index (κ2) is 7.70. The smallest absolute Gasteiger partial charge is 0.251 e. The Bertz CT molecular complexity index is 848. The summed E-state index contributed by atoms with van der Waals surface area (Å²) in [5, 5.41) is 2.92. The molecule has 2 aliphatic heterocycles. The van der Waals surface area contributed by atoms with Crippen LogP contribution in [0.15, 0.2) is 42.5 Å². The molecule has 6 heteroatoms. The highest BCUT2D eigenvalue weighted by Crippen LogP contribution is 2.30. The number of hydrogen-bond donors (Lipinski definition) is 1. The highest BCUT2D eigenvalue weighted by atomic mass is 16.6. The molecule has 0 unspecified atom stereocenters. The summed E-state index contributed by atoms with van der Waals surface area (Å²) >= 11 is 0. The summed E-state index contributed by atoms with van der Waals surface area (Å²) in [7, 11) is 0. The average molecular weight is 366 g/mol. The monoisotopic (exact) mass is 366 g/mol. The van der Waals surface area contributed by atoms with Crippen LogP contribution in [0.5, 0.6) is 11.5 Å². The van der Waals surface area contributed by atoms with Crippen LogP contribution in [-0.4, -0.2) is 36.5 Å². The largest absolute Gasteiger partial charge is 0.486 e. The summed E-state index contributed by atoms with van der Waals surface area (Å²) in [6.45, 7) is 2.96. The van der Waals surface area contributed by atoms with E-state index in [9.17, 15) is 9.59 Å². The van der Waals surface area contributed by atoms with Gasteiger partial charge in [0.05, 0.1) is 0 Å². The molecule has 4 rings (SSSR count). The molecule has 6 nitrogen and oxygen atoms in total. The highest BCUT2D eigenvalue weighted by Gasteiger charge is 2.20. The molecule has 27 heavy (non-hydrogen) atoms. The van der Waals surface area contributed by atoms with E-state index in [-0.39, 0.29) is 11.8 Å². The number of nitrogens with one attached hydrogen (secondary N) is 1. The van der Waals surface area contributed by atoms with Gasteiger partial charge >= 0.3 is 0 Å². The predicted molar refractivity (Wildman–Crippen MR) is 99.7 cm³/mol. The zero-order valence-electron chi connectivity index (χ0n) is 15.1. The van der Waals surface area contributed by atoms with Crippen LogP contribution in [0.3, 0.4) is 0 Å². The first-order valence-electron chi connectivity index (χ1n) is 9.22. The Balaban J connectivity index is 1.33. The van der Waals surface area contributed by atoms with E-state index in [1.807, 2.05) is 29.2 Å². The van der Waals surface area contributed by atoms with E-state index in [4.69, 9.17) is 9.47 Å². The first-order valence-corrected chi connectivity index (χ1v) is 9.22. The van der Waals surface area contributed by atoms with Crippen LogP contribution in [0.4, 0.5) is 0 Å². The molecule has 2 aromatic rings. The number of fused-ring (bicyclic) bond motifs is 1. The molecule has 0 bridgehead atoms. The van der Waals surface area contributed by atoms with Gasteiger partial charge < -0.3 is 19.7 Å². The van der Waals surface area contributed by atoms with Gasteiger partial charge in [0.1, 0.15) is 13.2 Å². The molecule has 0 aliphatic carbocycles. The number of carbonyl (C=O) groups excluding carboxylic acids is 2. The van der Waals surface area contributed by atoms with Gasteiger partial charge in [0.25, 0.3) is 5.91 Å². The zero-order valence-corrected chi connectivity index (χ0v) is 15.1. The molecular formula is C21H22N2O4.